The summed E-state index contributed by atoms with van der Waals surface area (Å²) >= 11 is 0. The van der Waals surface area contributed by atoms with E-state index in [2.05, 4.69) is 15.0 Å². The lowest BCUT2D eigenvalue weighted by Crippen LogP contribution is -2.21. The predicted octanol–water partition coefficient (Wildman–Crippen LogP) is 0.489. The SMILES string of the molecule is CCc1c(C(=O)OC)nnn1CCn1ccccc1=O. The number of nitrogens with zero attached hydrogens (tertiary/aromatic N) is 4. The van der Waals surface area contributed by atoms with Crippen molar-refractivity contribution in [1.29, 1.82) is 0 Å². The molecule has 106 valence electrons. The third-order valence-electron chi connectivity index (χ3n) is 3.00. The van der Waals surface area contributed by atoms with E-state index in [1.807, 2.05) is 6.92 Å². The van der Waals surface area contributed by atoms with Crippen LogP contribution >= 0.6 is 0 Å². The fourth-order valence-electron chi connectivity index (χ4n) is 1.97. The van der Waals surface area contributed by atoms with Crippen molar-refractivity contribution in [3.8, 4) is 0 Å². The number of aromatic nitrogens is 4. The van der Waals surface area contributed by atoms with Crippen LogP contribution < -0.4 is 5.56 Å². The van der Waals surface area contributed by atoms with Gasteiger partial charge in [0.25, 0.3) is 5.56 Å². The summed E-state index contributed by atoms with van der Waals surface area (Å²) in [5.74, 6) is -0.495. The predicted molar refractivity (Wildman–Crippen MR) is 71.4 cm³/mol. The highest BCUT2D eigenvalue weighted by Gasteiger charge is 2.18. The van der Waals surface area contributed by atoms with Crippen molar-refractivity contribution < 1.29 is 9.53 Å². The normalized spacial score (nSPS) is 10.5. The molecule has 0 aliphatic carbocycles. The molecule has 0 aliphatic heterocycles. The quantitative estimate of drug-likeness (QED) is 0.742. The van der Waals surface area contributed by atoms with Crippen molar-refractivity contribution >= 4 is 5.97 Å². The number of methoxy groups -OCH3 is 1. The van der Waals surface area contributed by atoms with Gasteiger partial charge in [0.1, 0.15) is 0 Å². The average molecular weight is 276 g/mol. The molecule has 0 aromatic carbocycles. The first kappa shape index (κ1) is 14.0. The van der Waals surface area contributed by atoms with E-state index in [0.717, 1.165) is 0 Å². The Balaban J connectivity index is 2.18. The highest BCUT2D eigenvalue weighted by atomic mass is 16.5. The van der Waals surface area contributed by atoms with Crippen molar-refractivity contribution in [2.45, 2.75) is 26.4 Å². The molecule has 0 saturated heterocycles. The maximum atomic E-state index is 11.6. The summed E-state index contributed by atoms with van der Waals surface area (Å²) in [7, 11) is 1.31. The Hall–Kier alpha value is -2.44. The Labute approximate surface area is 115 Å². The Kier molecular flexibility index (Phi) is 4.29. The topological polar surface area (TPSA) is 79.0 Å². The van der Waals surface area contributed by atoms with Gasteiger partial charge in [-0.3, -0.25) is 4.79 Å². The van der Waals surface area contributed by atoms with Gasteiger partial charge in [-0.1, -0.05) is 18.2 Å². The lowest BCUT2D eigenvalue weighted by Gasteiger charge is -2.07. The summed E-state index contributed by atoms with van der Waals surface area (Å²) in [6.45, 7) is 2.85. The number of ether oxygens (including phenoxy) is 1. The van der Waals surface area contributed by atoms with E-state index in [0.29, 0.717) is 25.2 Å². The van der Waals surface area contributed by atoms with E-state index in [1.54, 1.807) is 27.6 Å². The molecule has 0 fully saturated rings. The zero-order chi connectivity index (χ0) is 14.5. The molecule has 0 radical (unpaired) electrons. The molecule has 0 saturated carbocycles. The van der Waals surface area contributed by atoms with Crippen LogP contribution in [0.5, 0.6) is 0 Å². The Bertz CT molecular complexity index is 660. The molecule has 2 rings (SSSR count). The summed E-state index contributed by atoms with van der Waals surface area (Å²) in [4.78, 5) is 23.1. The minimum Gasteiger partial charge on any atom is -0.464 e. The number of pyridine rings is 1. The number of esters is 1. The lowest BCUT2D eigenvalue weighted by molar-refractivity contribution is 0.0592. The molecule has 0 bridgehead atoms. The fourth-order valence-corrected chi connectivity index (χ4v) is 1.97. The van der Waals surface area contributed by atoms with E-state index in [9.17, 15) is 9.59 Å². The third kappa shape index (κ3) is 2.76. The minimum absolute atomic E-state index is 0.0705. The Morgan fingerprint density at radius 3 is 2.80 bits per heavy atom. The Morgan fingerprint density at radius 2 is 2.15 bits per heavy atom. The lowest BCUT2D eigenvalue weighted by atomic mass is 10.2. The molecule has 0 atom stereocenters. The maximum Gasteiger partial charge on any atom is 0.360 e. The second-order valence-corrected chi connectivity index (χ2v) is 4.19. The van der Waals surface area contributed by atoms with Crippen LogP contribution in [-0.2, 0) is 24.2 Å². The van der Waals surface area contributed by atoms with Crippen molar-refractivity contribution in [1.82, 2.24) is 19.6 Å². The van der Waals surface area contributed by atoms with E-state index in [4.69, 9.17) is 0 Å². The van der Waals surface area contributed by atoms with Gasteiger partial charge in [0.15, 0.2) is 5.69 Å². The molecule has 2 aromatic heterocycles. The highest BCUT2D eigenvalue weighted by Crippen LogP contribution is 2.08. The van der Waals surface area contributed by atoms with Crippen LogP contribution in [0.3, 0.4) is 0 Å². The summed E-state index contributed by atoms with van der Waals surface area (Å²) in [6, 6.07) is 4.99. The largest absolute Gasteiger partial charge is 0.464 e. The second kappa shape index (κ2) is 6.14. The van der Waals surface area contributed by atoms with Crippen molar-refractivity contribution in [2.24, 2.45) is 0 Å². The average Bonchev–Trinajstić information content (AvgIpc) is 2.88. The molecule has 0 amide bonds. The number of hydrogen-bond donors (Lipinski definition) is 0. The minimum atomic E-state index is -0.495. The molecular formula is C13H16N4O3. The van der Waals surface area contributed by atoms with Crippen LogP contribution in [0, 0.1) is 0 Å². The van der Waals surface area contributed by atoms with Gasteiger partial charge in [-0.15, -0.1) is 5.10 Å². The maximum absolute atomic E-state index is 11.6. The third-order valence-corrected chi connectivity index (χ3v) is 3.00. The number of carbonyl (C=O) groups excluding carboxylic acids is 1. The molecule has 0 N–H and O–H groups in total. The summed E-state index contributed by atoms with van der Waals surface area (Å²) < 4.78 is 7.88. The van der Waals surface area contributed by atoms with Gasteiger partial charge in [-0.2, -0.15) is 0 Å². The van der Waals surface area contributed by atoms with Crippen molar-refractivity contribution in [3.05, 3.63) is 46.1 Å². The number of rotatable bonds is 5. The first-order valence-electron chi connectivity index (χ1n) is 6.33. The van der Waals surface area contributed by atoms with Crippen molar-refractivity contribution in [3.63, 3.8) is 0 Å². The van der Waals surface area contributed by atoms with E-state index >= 15 is 0 Å². The molecule has 0 spiro atoms. The van der Waals surface area contributed by atoms with Gasteiger partial charge in [-0.05, 0) is 12.5 Å². The van der Waals surface area contributed by atoms with E-state index < -0.39 is 5.97 Å². The van der Waals surface area contributed by atoms with Crippen LogP contribution in [0.2, 0.25) is 0 Å². The second-order valence-electron chi connectivity index (χ2n) is 4.19. The molecular weight excluding hydrogens is 260 g/mol. The van der Waals surface area contributed by atoms with Gasteiger partial charge in [0.05, 0.1) is 19.3 Å². The van der Waals surface area contributed by atoms with Gasteiger partial charge in [0, 0.05) is 18.8 Å². The summed E-state index contributed by atoms with van der Waals surface area (Å²) in [5, 5.41) is 7.79. The fraction of sp³-hybridized carbons (Fsp3) is 0.385. The molecule has 7 heteroatoms. The van der Waals surface area contributed by atoms with Gasteiger partial charge in [-0.25, -0.2) is 9.48 Å². The van der Waals surface area contributed by atoms with Crippen LogP contribution in [0.4, 0.5) is 0 Å². The smallest absolute Gasteiger partial charge is 0.360 e. The molecule has 0 aliphatic rings. The highest BCUT2D eigenvalue weighted by molar-refractivity contribution is 5.88. The van der Waals surface area contributed by atoms with Crippen molar-refractivity contribution in [2.75, 3.05) is 7.11 Å². The van der Waals surface area contributed by atoms with Gasteiger partial charge >= 0.3 is 5.97 Å². The molecule has 0 unspecified atom stereocenters. The van der Waals surface area contributed by atoms with Crippen LogP contribution in [0.25, 0.3) is 0 Å². The first-order valence-corrected chi connectivity index (χ1v) is 6.33. The van der Waals surface area contributed by atoms with Crippen LogP contribution in [0.15, 0.2) is 29.2 Å². The zero-order valence-corrected chi connectivity index (χ0v) is 11.4. The number of aryl methyl sites for hydroxylation is 2. The standard InChI is InChI=1S/C13H16N4O3/c1-3-10-12(13(19)20-2)14-15-17(10)9-8-16-7-5-4-6-11(16)18/h4-7H,3,8-9H2,1-2H3. The van der Waals surface area contributed by atoms with E-state index in [-0.39, 0.29) is 11.3 Å². The van der Waals surface area contributed by atoms with Crippen LogP contribution in [0.1, 0.15) is 23.1 Å². The summed E-state index contributed by atoms with van der Waals surface area (Å²) in [5.41, 5.74) is 0.870. The zero-order valence-electron chi connectivity index (χ0n) is 11.4. The first-order chi connectivity index (χ1) is 9.67. The summed E-state index contributed by atoms with van der Waals surface area (Å²) in [6.07, 6.45) is 2.33. The monoisotopic (exact) mass is 276 g/mol. The van der Waals surface area contributed by atoms with E-state index in [1.165, 1.54) is 13.2 Å². The molecule has 20 heavy (non-hydrogen) atoms. The number of hydrogen-bond acceptors (Lipinski definition) is 5. The number of carbonyl (C=O) groups is 1. The molecule has 7 nitrogen and oxygen atoms in total. The van der Waals surface area contributed by atoms with Crippen LogP contribution in [-0.4, -0.2) is 32.6 Å². The van der Waals surface area contributed by atoms with Gasteiger partial charge < -0.3 is 9.30 Å². The molecule has 2 aromatic rings. The molecule has 2 heterocycles. The Morgan fingerprint density at radius 1 is 1.35 bits per heavy atom. The van der Waals surface area contributed by atoms with Gasteiger partial charge in [0.2, 0.25) is 0 Å².